The first-order valence-electron chi connectivity index (χ1n) is 5.19. The summed E-state index contributed by atoms with van der Waals surface area (Å²) in [6.07, 6.45) is 1.06. The van der Waals surface area contributed by atoms with Gasteiger partial charge in [-0.2, -0.15) is 0 Å². The van der Waals surface area contributed by atoms with E-state index in [1.807, 2.05) is 0 Å². The summed E-state index contributed by atoms with van der Waals surface area (Å²) < 4.78 is 31.2. The lowest BCUT2D eigenvalue weighted by Crippen LogP contribution is -2.42. The Morgan fingerprint density at radius 2 is 2.29 bits per heavy atom. The van der Waals surface area contributed by atoms with Crippen LogP contribution in [-0.2, 0) is 4.74 Å². The van der Waals surface area contributed by atoms with Gasteiger partial charge < -0.3 is 9.64 Å². The summed E-state index contributed by atoms with van der Waals surface area (Å²) in [4.78, 5) is 16.7. The number of halogens is 2. The molecule has 0 bridgehead atoms. The number of rotatable bonds is 2. The van der Waals surface area contributed by atoms with Crippen LogP contribution in [0.5, 0.6) is 0 Å². The van der Waals surface area contributed by atoms with Crippen LogP contribution in [0.3, 0.4) is 0 Å². The lowest BCUT2D eigenvalue weighted by Gasteiger charge is -2.24. The van der Waals surface area contributed by atoms with E-state index in [0.29, 0.717) is 0 Å². The van der Waals surface area contributed by atoms with Gasteiger partial charge in [-0.3, -0.25) is 9.78 Å². The third-order valence-electron chi connectivity index (χ3n) is 2.75. The van der Waals surface area contributed by atoms with Crippen molar-refractivity contribution in [2.24, 2.45) is 0 Å². The number of carbonyl (C=O) groups is 1. The van der Waals surface area contributed by atoms with Crippen LogP contribution < -0.4 is 0 Å². The minimum atomic E-state index is -1.20. The molecule has 1 amide bonds. The Balaban J connectivity index is 2.14. The van der Waals surface area contributed by atoms with Crippen LogP contribution in [0.4, 0.5) is 8.78 Å². The summed E-state index contributed by atoms with van der Waals surface area (Å²) >= 11 is 0. The number of nitrogens with zero attached hydrogens (tertiary/aromatic N) is 2. The van der Waals surface area contributed by atoms with Gasteiger partial charge in [0.1, 0.15) is 12.0 Å². The van der Waals surface area contributed by atoms with Gasteiger partial charge in [0, 0.05) is 13.2 Å². The van der Waals surface area contributed by atoms with Crippen molar-refractivity contribution in [1.29, 1.82) is 0 Å². The Labute approximate surface area is 97.2 Å². The average molecular weight is 242 g/mol. The fourth-order valence-corrected chi connectivity index (χ4v) is 1.75. The van der Waals surface area contributed by atoms with E-state index < -0.39 is 23.9 Å². The number of likely N-dealkylation sites (N-methyl/N-ethyl adjacent to an activating group) is 1. The van der Waals surface area contributed by atoms with Gasteiger partial charge in [-0.1, -0.05) is 0 Å². The number of alkyl halides is 1. The van der Waals surface area contributed by atoms with Gasteiger partial charge >= 0.3 is 0 Å². The highest BCUT2D eigenvalue weighted by molar-refractivity contribution is 5.94. The summed E-state index contributed by atoms with van der Waals surface area (Å²) in [6, 6.07) is 0.459. The van der Waals surface area contributed by atoms with Crippen molar-refractivity contribution < 1.29 is 18.3 Å². The lowest BCUT2D eigenvalue weighted by atomic mass is 10.1. The maximum atomic E-state index is 13.4. The quantitative estimate of drug-likeness (QED) is 0.778. The molecule has 0 aromatic carbocycles. The average Bonchev–Trinajstić information content (AvgIpc) is 2.73. The Morgan fingerprint density at radius 1 is 1.53 bits per heavy atom. The van der Waals surface area contributed by atoms with Crippen molar-refractivity contribution in [2.75, 3.05) is 20.3 Å². The van der Waals surface area contributed by atoms with E-state index in [1.54, 1.807) is 0 Å². The molecule has 92 valence electrons. The van der Waals surface area contributed by atoms with Crippen LogP contribution in [0, 0.1) is 5.82 Å². The topological polar surface area (TPSA) is 42.4 Å². The molecule has 0 spiro atoms. The standard InChI is InChI=1S/C11H12F2N2O2/c1-15(10-6-17-5-9(10)13)11(16)7-2-8(12)4-14-3-7/h2-4,9-10H,5-6H2,1H3/t9-,10-/m1/s1. The van der Waals surface area contributed by atoms with Gasteiger partial charge in [-0.15, -0.1) is 0 Å². The van der Waals surface area contributed by atoms with Gasteiger partial charge in [0.15, 0.2) is 0 Å². The van der Waals surface area contributed by atoms with E-state index in [2.05, 4.69) is 4.98 Å². The van der Waals surface area contributed by atoms with Gasteiger partial charge in [0.2, 0.25) is 0 Å². The first-order chi connectivity index (χ1) is 8.09. The lowest BCUT2D eigenvalue weighted by molar-refractivity contribution is 0.0671. The van der Waals surface area contributed by atoms with E-state index in [1.165, 1.54) is 18.1 Å². The van der Waals surface area contributed by atoms with Crippen molar-refractivity contribution in [3.8, 4) is 0 Å². The van der Waals surface area contributed by atoms with Crippen molar-refractivity contribution in [2.45, 2.75) is 12.2 Å². The minimum absolute atomic E-state index is 0.0102. The van der Waals surface area contributed by atoms with Crippen molar-refractivity contribution in [3.63, 3.8) is 0 Å². The Kier molecular flexibility index (Phi) is 3.33. The molecule has 2 atom stereocenters. The van der Waals surface area contributed by atoms with Crippen molar-refractivity contribution in [3.05, 3.63) is 29.8 Å². The molecule has 2 heterocycles. The summed E-state index contributed by atoms with van der Waals surface area (Å²) in [5, 5.41) is 0. The molecule has 1 aromatic rings. The second-order valence-electron chi connectivity index (χ2n) is 3.93. The molecule has 0 saturated carbocycles. The predicted molar refractivity (Wildman–Crippen MR) is 55.8 cm³/mol. The second-order valence-corrected chi connectivity index (χ2v) is 3.93. The van der Waals surface area contributed by atoms with Gasteiger partial charge in [0.25, 0.3) is 5.91 Å². The first kappa shape index (κ1) is 11.9. The molecule has 0 aliphatic carbocycles. The molecule has 0 radical (unpaired) electrons. The number of pyridine rings is 1. The molecule has 17 heavy (non-hydrogen) atoms. The largest absolute Gasteiger partial charge is 0.376 e. The van der Waals surface area contributed by atoms with E-state index in [-0.39, 0.29) is 18.8 Å². The molecule has 1 fully saturated rings. The summed E-state index contributed by atoms with van der Waals surface area (Å²) in [6.45, 7) is 0.149. The highest BCUT2D eigenvalue weighted by Crippen LogP contribution is 2.17. The summed E-state index contributed by atoms with van der Waals surface area (Å²) in [5.41, 5.74) is 0.103. The molecule has 4 nitrogen and oxygen atoms in total. The van der Waals surface area contributed by atoms with E-state index in [9.17, 15) is 13.6 Å². The summed E-state index contributed by atoms with van der Waals surface area (Å²) in [7, 11) is 1.47. The zero-order valence-electron chi connectivity index (χ0n) is 9.27. The van der Waals surface area contributed by atoms with E-state index in [4.69, 9.17) is 4.74 Å². The zero-order chi connectivity index (χ0) is 12.4. The Morgan fingerprint density at radius 3 is 2.88 bits per heavy atom. The Hall–Kier alpha value is -1.56. The number of hydrogen-bond acceptors (Lipinski definition) is 3. The SMILES string of the molecule is CN(C(=O)c1cncc(F)c1)[C@@H]1COC[C@H]1F. The molecule has 2 rings (SSSR count). The molecule has 0 unspecified atom stereocenters. The molecule has 1 aromatic heterocycles. The summed E-state index contributed by atoms with van der Waals surface area (Å²) in [5.74, 6) is -1.06. The normalized spacial score (nSPS) is 23.7. The predicted octanol–water partition coefficient (Wildman–Crippen LogP) is 1.03. The van der Waals surface area contributed by atoms with E-state index in [0.717, 1.165) is 12.3 Å². The number of hydrogen-bond donors (Lipinski definition) is 0. The van der Waals surface area contributed by atoms with Crippen LogP contribution in [0.25, 0.3) is 0 Å². The zero-order valence-corrected chi connectivity index (χ0v) is 9.27. The molecule has 0 N–H and O–H groups in total. The van der Waals surface area contributed by atoms with Crippen molar-refractivity contribution >= 4 is 5.91 Å². The second kappa shape index (κ2) is 4.75. The number of amides is 1. The smallest absolute Gasteiger partial charge is 0.255 e. The van der Waals surface area contributed by atoms with Gasteiger partial charge in [0.05, 0.1) is 31.0 Å². The van der Waals surface area contributed by atoms with Crippen LogP contribution in [-0.4, -0.2) is 48.3 Å². The number of carbonyl (C=O) groups excluding carboxylic acids is 1. The number of ether oxygens (including phenoxy) is 1. The third-order valence-corrected chi connectivity index (χ3v) is 2.75. The fourth-order valence-electron chi connectivity index (χ4n) is 1.75. The molecule has 1 aliphatic heterocycles. The monoisotopic (exact) mass is 242 g/mol. The van der Waals surface area contributed by atoms with Crippen molar-refractivity contribution in [1.82, 2.24) is 9.88 Å². The van der Waals surface area contributed by atoms with E-state index >= 15 is 0 Å². The van der Waals surface area contributed by atoms with Crippen LogP contribution in [0.1, 0.15) is 10.4 Å². The first-order valence-corrected chi connectivity index (χ1v) is 5.19. The van der Waals surface area contributed by atoms with Crippen LogP contribution in [0.2, 0.25) is 0 Å². The Bertz CT molecular complexity index is 428. The molecule has 6 heteroatoms. The third kappa shape index (κ3) is 2.41. The fraction of sp³-hybridized carbons (Fsp3) is 0.455. The highest BCUT2D eigenvalue weighted by atomic mass is 19.1. The maximum absolute atomic E-state index is 13.4. The molecule has 1 aliphatic rings. The molecule has 1 saturated heterocycles. The number of aromatic nitrogens is 1. The molecular formula is C11H12F2N2O2. The van der Waals surface area contributed by atoms with Crippen LogP contribution in [0.15, 0.2) is 18.5 Å². The van der Waals surface area contributed by atoms with Gasteiger partial charge in [-0.05, 0) is 6.07 Å². The minimum Gasteiger partial charge on any atom is -0.376 e. The van der Waals surface area contributed by atoms with Crippen LogP contribution >= 0.6 is 0 Å². The molecular weight excluding hydrogens is 230 g/mol. The highest BCUT2D eigenvalue weighted by Gasteiger charge is 2.34. The van der Waals surface area contributed by atoms with Gasteiger partial charge in [-0.25, -0.2) is 8.78 Å². The maximum Gasteiger partial charge on any atom is 0.255 e.